The second-order valence-electron chi connectivity index (χ2n) is 4.24. The molecule has 0 saturated heterocycles. The first kappa shape index (κ1) is 11.3. The molecule has 86 valence electrons. The molecule has 4 heteroatoms. The SMILES string of the molecule is O=CCc1ccc(S(=O)(=O)CC2CC2)cc1. The predicted molar refractivity (Wildman–Crippen MR) is 61.0 cm³/mol. The van der Waals surface area contributed by atoms with E-state index < -0.39 is 9.84 Å². The van der Waals surface area contributed by atoms with Crippen molar-refractivity contribution in [2.24, 2.45) is 5.92 Å². The van der Waals surface area contributed by atoms with Crippen LogP contribution in [-0.2, 0) is 21.1 Å². The molecule has 16 heavy (non-hydrogen) atoms. The van der Waals surface area contributed by atoms with Gasteiger partial charge in [0.25, 0.3) is 0 Å². The first-order valence-corrected chi connectivity index (χ1v) is 7.02. The zero-order valence-corrected chi connectivity index (χ0v) is 9.74. The average Bonchev–Trinajstić information content (AvgIpc) is 3.02. The van der Waals surface area contributed by atoms with Gasteiger partial charge in [0.05, 0.1) is 10.6 Å². The number of hydrogen-bond acceptors (Lipinski definition) is 3. The summed E-state index contributed by atoms with van der Waals surface area (Å²) in [6.07, 6.45) is 3.21. The minimum atomic E-state index is -3.12. The number of carbonyl (C=O) groups is 1. The van der Waals surface area contributed by atoms with Crippen LogP contribution in [0.5, 0.6) is 0 Å². The Kier molecular flexibility index (Phi) is 3.10. The Balaban J connectivity index is 2.16. The minimum absolute atomic E-state index is 0.264. The molecular formula is C12H14O3S. The van der Waals surface area contributed by atoms with Gasteiger partial charge in [-0.25, -0.2) is 8.42 Å². The average molecular weight is 238 g/mol. The maximum Gasteiger partial charge on any atom is 0.178 e. The fraction of sp³-hybridized carbons (Fsp3) is 0.417. The van der Waals surface area contributed by atoms with E-state index >= 15 is 0 Å². The van der Waals surface area contributed by atoms with Crippen molar-refractivity contribution in [3.05, 3.63) is 29.8 Å². The summed E-state index contributed by atoms with van der Waals surface area (Å²) in [5.41, 5.74) is 0.848. The first-order chi connectivity index (χ1) is 7.62. The molecule has 0 radical (unpaired) electrons. The zero-order chi connectivity index (χ0) is 11.6. The normalized spacial score (nSPS) is 16.0. The second kappa shape index (κ2) is 4.37. The number of sulfone groups is 1. The van der Waals surface area contributed by atoms with Gasteiger partial charge in [0.2, 0.25) is 0 Å². The van der Waals surface area contributed by atoms with Crippen LogP contribution < -0.4 is 0 Å². The Hall–Kier alpha value is -1.16. The summed E-state index contributed by atoms with van der Waals surface area (Å²) >= 11 is 0. The summed E-state index contributed by atoms with van der Waals surface area (Å²) in [6.45, 7) is 0. The summed E-state index contributed by atoms with van der Waals surface area (Å²) in [4.78, 5) is 10.7. The van der Waals surface area contributed by atoms with E-state index in [0.29, 0.717) is 17.2 Å². The van der Waals surface area contributed by atoms with Crippen LogP contribution >= 0.6 is 0 Å². The van der Waals surface area contributed by atoms with Crippen molar-refractivity contribution in [2.75, 3.05) is 5.75 Å². The van der Waals surface area contributed by atoms with Crippen molar-refractivity contribution in [1.82, 2.24) is 0 Å². The van der Waals surface area contributed by atoms with Crippen molar-refractivity contribution >= 4 is 16.1 Å². The quantitative estimate of drug-likeness (QED) is 0.732. The van der Waals surface area contributed by atoms with Crippen LogP contribution in [0.2, 0.25) is 0 Å². The molecule has 1 fully saturated rings. The Bertz CT molecular complexity index is 469. The van der Waals surface area contributed by atoms with E-state index in [-0.39, 0.29) is 5.75 Å². The van der Waals surface area contributed by atoms with Crippen LogP contribution in [0, 0.1) is 5.92 Å². The highest BCUT2D eigenvalue weighted by atomic mass is 32.2. The van der Waals surface area contributed by atoms with Crippen molar-refractivity contribution in [3.63, 3.8) is 0 Å². The van der Waals surface area contributed by atoms with Gasteiger partial charge in [0.1, 0.15) is 6.29 Å². The van der Waals surface area contributed by atoms with Gasteiger partial charge in [-0.05, 0) is 36.5 Å². The van der Waals surface area contributed by atoms with Gasteiger partial charge >= 0.3 is 0 Å². The molecule has 0 amide bonds. The molecule has 0 atom stereocenters. The van der Waals surface area contributed by atoms with E-state index in [9.17, 15) is 13.2 Å². The summed E-state index contributed by atoms with van der Waals surface area (Å²) in [5, 5.41) is 0. The third-order valence-corrected chi connectivity index (χ3v) is 4.65. The molecule has 0 N–H and O–H groups in total. The van der Waals surface area contributed by atoms with Crippen molar-refractivity contribution in [1.29, 1.82) is 0 Å². The maximum atomic E-state index is 11.9. The maximum absolute atomic E-state index is 11.9. The number of hydrogen-bond donors (Lipinski definition) is 0. The minimum Gasteiger partial charge on any atom is -0.303 e. The molecule has 1 aromatic rings. The van der Waals surface area contributed by atoms with Gasteiger partial charge in [-0.2, -0.15) is 0 Å². The van der Waals surface area contributed by atoms with Gasteiger partial charge in [-0.1, -0.05) is 12.1 Å². The highest BCUT2D eigenvalue weighted by Crippen LogP contribution is 2.32. The fourth-order valence-electron chi connectivity index (χ4n) is 1.62. The van der Waals surface area contributed by atoms with Crippen LogP contribution in [0.3, 0.4) is 0 Å². The Labute approximate surface area is 95.4 Å². The molecule has 2 rings (SSSR count). The van der Waals surface area contributed by atoms with E-state index in [0.717, 1.165) is 24.7 Å². The number of carbonyl (C=O) groups excluding carboxylic acids is 1. The van der Waals surface area contributed by atoms with E-state index in [4.69, 9.17) is 0 Å². The standard InChI is InChI=1S/C12H14O3S/c13-8-7-10-3-5-12(6-4-10)16(14,15)9-11-1-2-11/h3-6,8,11H,1-2,7,9H2. The third kappa shape index (κ3) is 2.70. The monoisotopic (exact) mass is 238 g/mol. The lowest BCUT2D eigenvalue weighted by atomic mass is 10.2. The Morgan fingerprint density at radius 3 is 2.31 bits per heavy atom. The molecule has 1 aromatic carbocycles. The molecule has 0 bridgehead atoms. The lowest BCUT2D eigenvalue weighted by Crippen LogP contribution is -2.08. The number of aldehydes is 1. The molecule has 0 aliphatic heterocycles. The summed E-state index contributed by atoms with van der Waals surface area (Å²) in [6, 6.07) is 6.59. The summed E-state index contributed by atoms with van der Waals surface area (Å²) < 4.78 is 23.8. The molecule has 1 saturated carbocycles. The van der Waals surface area contributed by atoms with Gasteiger partial charge in [0.15, 0.2) is 9.84 Å². The van der Waals surface area contributed by atoms with Gasteiger partial charge in [-0.15, -0.1) is 0 Å². The predicted octanol–water partition coefficient (Wildman–Crippen LogP) is 1.61. The van der Waals surface area contributed by atoms with Crippen LogP contribution in [0.15, 0.2) is 29.2 Å². The molecule has 0 heterocycles. The highest BCUT2D eigenvalue weighted by molar-refractivity contribution is 7.91. The van der Waals surface area contributed by atoms with Gasteiger partial charge < -0.3 is 4.79 Å². The fourth-order valence-corrected chi connectivity index (χ4v) is 3.32. The zero-order valence-electron chi connectivity index (χ0n) is 8.93. The summed E-state index contributed by atoms with van der Waals surface area (Å²) in [7, 11) is -3.12. The lowest BCUT2D eigenvalue weighted by molar-refractivity contribution is -0.107. The van der Waals surface area contributed by atoms with Crippen molar-refractivity contribution in [2.45, 2.75) is 24.2 Å². The lowest BCUT2D eigenvalue weighted by Gasteiger charge is -2.03. The largest absolute Gasteiger partial charge is 0.303 e. The van der Waals surface area contributed by atoms with Gasteiger partial charge in [0, 0.05) is 6.42 Å². The molecule has 3 nitrogen and oxygen atoms in total. The first-order valence-electron chi connectivity index (χ1n) is 5.37. The highest BCUT2D eigenvalue weighted by Gasteiger charge is 2.28. The van der Waals surface area contributed by atoms with E-state index in [1.165, 1.54) is 0 Å². The summed E-state index contributed by atoms with van der Waals surface area (Å²) in [5.74, 6) is 0.625. The van der Waals surface area contributed by atoms with Crippen LogP contribution in [0.4, 0.5) is 0 Å². The topological polar surface area (TPSA) is 51.2 Å². The van der Waals surface area contributed by atoms with Crippen molar-refractivity contribution in [3.8, 4) is 0 Å². The van der Waals surface area contributed by atoms with E-state index in [1.54, 1.807) is 24.3 Å². The molecular weight excluding hydrogens is 224 g/mol. The second-order valence-corrected chi connectivity index (χ2v) is 6.27. The van der Waals surface area contributed by atoms with E-state index in [2.05, 4.69) is 0 Å². The Morgan fingerprint density at radius 1 is 1.19 bits per heavy atom. The van der Waals surface area contributed by atoms with Crippen molar-refractivity contribution < 1.29 is 13.2 Å². The van der Waals surface area contributed by atoms with E-state index in [1.807, 2.05) is 0 Å². The van der Waals surface area contributed by atoms with Crippen LogP contribution in [-0.4, -0.2) is 20.5 Å². The molecule has 0 unspecified atom stereocenters. The number of benzene rings is 1. The third-order valence-electron chi connectivity index (χ3n) is 2.75. The molecule has 0 aromatic heterocycles. The molecule has 1 aliphatic rings. The van der Waals surface area contributed by atoms with Crippen LogP contribution in [0.25, 0.3) is 0 Å². The smallest absolute Gasteiger partial charge is 0.178 e. The molecule has 1 aliphatic carbocycles. The van der Waals surface area contributed by atoms with Gasteiger partial charge in [-0.3, -0.25) is 0 Å². The number of rotatable bonds is 5. The van der Waals surface area contributed by atoms with Crippen LogP contribution in [0.1, 0.15) is 18.4 Å². The molecule has 0 spiro atoms. The Morgan fingerprint density at radius 2 is 1.81 bits per heavy atom.